The second-order valence-electron chi connectivity index (χ2n) is 2.43. The molecule has 0 aromatic carbocycles. The summed E-state index contributed by atoms with van der Waals surface area (Å²) < 4.78 is 0. The molecule has 0 unspecified atom stereocenters. The number of hydrogen-bond acceptors (Lipinski definition) is 2. The molecule has 0 bridgehead atoms. The number of aryl methyl sites for hydroxylation is 1. The molecule has 0 radical (unpaired) electrons. The molecule has 13 heavy (non-hydrogen) atoms. The van der Waals surface area contributed by atoms with Gasteiger partial charge in [0.2, 0.25) is 0 Å². The lowest BCUT2D eigenvalue weighted by atomic mass is 10.3. The Morgan fingerprint density at radius 3 is 2.85 bits per heavy atom. The zero-order valence-corrected chi connectivity index (χ0v) is 8.43. The lowest BCUT2D eigenvalue weighted by molar-refractivity contribution is -0.114. The number of halogens is 2. The fourth-order valence-electron chi connectivity index (χ4n) is 0.804. The van der Waals surface area contributed by atoms with E-state index in [-0.39, 0.29) is 0 Å². The summed E-state index contributed by atoms with van der Waals surface area (Å²) in [4.78, 5) is 14.0. The van der Waals surface area contributed by atoms with E-state index in [0.29, 0.717) is 5.69 Å². The largest absolute Gasteiger partial charge is 0.322 e. The summed E-state index contributed by atoms with van der Waals surface area (Å²) in [7, 11) is 0. The van der Waals surface area contributed by atoms with Gasteiger partial charge in [-0.3, -0.25) is 9.78 Å². The fourth-order valence-corrected chi connectivity index (χ4v) is 0.913. The number of amides is 1. The second kappa shape index (κ2) is 4.44. The third-order valence-electron chi connectivity index (χ3n) is 1.46. The van der Waals surface area contributed by atoms with Crippen molar-refractivity contribution in [2.45, 2.75) is 11.8 Å². The number of aromatic nitrogens is 1. The summed E-state index contributed by atoms with van der Waals surface area (Å²) in [6.07, 6.45) is 1.64. The van der Waals surface area contributed by atoms with E-state index in [1.807, 2.05) is 0 Å². The minimum absolute atomic E-state index is 0.445. The SMILES string of the molecule is Cc1ncccc1NC(=O)C(Cl)Cl. The minimum atomic E-state index is -1.06. The van der Waals surface area contributed by atoms with E-state index in [1.165, 1.54) is 0 Å². The maximum atomic E-state index is 11.1. The van der Waals surface area contributed by atoms with E-state index >= 15 is 0 Å². The molecule has 0 aliphatic rings. The molecule has 1 rings (SSSR count). The molecule has 0 saturated carbocycles. The molecule has 70 valence electrons. The first kappa shape index (κ1) is 10.3. The van der Waals surface area contributed by atoms with Crippen molar-refractivity contribution in [3.8, 4) is 0 Å². The number of carbonyl (C=O) groups excluding carboxylic acids is 1. The predicted octanol–water partition coefficient (Wildman–Crippen LogP) is 2.13. The maximum absolute atomic E-state index is 11.1. The first-order chi connectivity index (χ1) is 6.11. The van der Waals surface area contributed by atoms with Crippen LogP contribution in [0.25, 0.3) is 0 Å². The molecule has 1 amide bonds. The Hall–Kier alpha value is -0.800. The molecular formula is C8H8Cl2N2O. The minimum Gasteiger partial charge on any atom is -0.322 e. The van der Waals surface area contributed by atoms with Crippen LogP contribution in [-0.4, -0.2) is 15.7 Å². The van der Waals surface area contributed by atoms with Gasteiger partial charge in [0.25, 0.3) is 5.91 Å². The molecule has 3 nitrogen and oxygen atoms in total. The number of alkyl halides is 2. The molecule has 0 aliphatic carbocycles. The standard InChI is InChI=1S/C8H8Cl2N2O/c1-5-6(3-2-4-11-5)12-8(13)7(9)10/h2-4,7H,1H3,(H,12,13). The Morgan fingerprint density at radius 1 is 1.62 bits per heavy atom. The first-order valence-corrected chi connectivity index (χ1v) is 4.49. The molecule has 0 atom stereocenters. The van der Waals surface area contributed by atoms with Crippen molar-refractivity contribution in [1.29, 1.82) is 0 Å². The van der Waals surface area contributed by atoms with Crippen molar-refractivity contribution >= 4 is 34.8 Å². The number of nitrogens with one attached hydrogen (secondary N) is 1. The van der Waals surface area contributed by atoms with Gasteiger partial charge in [-0.25, -0.2) is 0 Å². The van der Waals surface area contributed by atoms with Crippen LogP contribution < -0.4 is 5.32 Å². The van der Waals surface area contributed by atoms with Crippen LogP contribution in [0.3, 0.4) is 0 Å². The summed E-state index contributed by atoms with van der Waals surface area (Å²) in [6, 6.07) is 3.45. The first-order valence-electron chi connectivity index (χ1n) is 3.62. The predicted molar refractivity (Wildman–Crippen MR) is 53.1 cm³/mol. The van der Waals surface area contributed by atoms with E-state index in [0.717, 1.165) is 5.69 Å². The molecule has 1 heterocycles. The van der Waals surface area contributed by atoms with Crippen LogP contribution in [0.2, 0.25) is 0 Å². The van der Waals surface area contributed by atoms with Gasteiger partial charge in [-0.15, -0.1) is 0 Å². The van der Waals surface area contributed by atoms with Gasteiger partial charge in [-0.2, -0.15) is 0 Å². The molecule has 1 aromatic rings. The van der Waals surface area contributed by atoms with Crippen molar-refractivity contribution in [3.05, 3.63) is 24.0 Å². The summed E-state index contributed by atoms with van der Waals surface area (Å²) in [5.41, 5.74) is 1.35. The smallest absolute Gasteiger partial charge is 0.257 e. The average molecular weight is 219 g/mol. The number of nitrogens with zero attached hydrogens (tertiary/aromatic N) is 1. The van der Waals surface area contributed by atoms with Crippen LogP contribution in [0.4, 0.5) is 5.69 Å². The van der Waals surface area contributed by atoms with Crippen LogP contribution >= 0.6 is 23.2 Å². The highest BCUT2D eigenvalue weighted by Crippen LogP contribution is 2.12. The van der Waals surface area contributed by atoms with Gasteiger partial charge in [0.05, 0.1) is 11.4 Å². The molecule has 0 aliphatic heterocycles. The monoisotopic (exact) mass is 218 g/mol. The van der Waals surface area contributed by atoms with Gasteiger partial charge in [0, 0.05) is 6.20 Å². The number of carbonyl (C=O) groups is 1. The zero-order chi connectivity index (χ0) is 9.84. The second-order valence-corrected chi connectivity index (χ2v) is 3.52. The zero-order valence-electron chi connectivity index (χ0n) is 6.92. The Morgan fingerprint density at radius 2 is 2.31 bits per heavy atom. The van der Waals surface area contributed by atoms with Gasteiger partial charge >= 0.3 is 0 Å². The number of pyridine rings is 1. The topological polar surface area (TPSA) is 42.0 Å². The normalized spacial score (nSPS) is 10.2. The molecule has 1 N–H and O–H groups in total. The van der Waals surface area contributed by atoms with Crippen LogP contribution in [-0.2, 0) is 4.79 Å². The fraction of sp³-hybridized carbons (Fsp3) is 0.250. The summed E-state index contributed by atoms with van der Waals surface area (Å²) in [6.45, 7) is 1.78. The quantitative estimate of drug-likeness (QED) is 0.774. The van der Waals surface area contributed by atoms with Crippen LogP contribution in [0.5, 0.6) is 0 Å². The highest BCUT2D eigenvalue weighted by Gasteiger charge is 2.12. The van der Waals surface area contributed by atoms with E-state index in [9.17, 15) is 4.79 Å². The number of rotatable bonds is 2. The summed E-state index contributed by atoms with van der Waals surface area (Å²) in [5, 5.41) is 2.54. The van der Waals surface area contributed by atoms with Gasteiger partial charge < -0.3 is 5.32 Å². The maximum Gasteiger partial charge on any atom is 0.257 e. The van der Waals surface area contributed by atoms with Gasteiger partial charge in [0.15, 0.2) is 4.84 Å². The van der Waals surface area contributed by atoms with Crippen molar-refractivity contribution in [1.82, 2.24) is 4.98 Å². The molecular weight excluding hydrogens is 211 g/mol. The van der Waals surface area contributed by atoms with Crippen molar-refractivity contribution in [2.24, 2.45) is 0 Å². The third-order valence-corrected chi connectivity index (χ3v) is 1.86. The molecule has 0 spiro atoms. The number of hydrogen-bond donors (Lipinski definition) is 1. The van der Waals surface area contributed by atoms with E-state index < -0.39 is 10.7 Å². The van der Waals surface area contributed by atoms with Crippen molar-refractivity contribution in [2.75, 3.05) is 5.32 Å². The van der Waals surface area contributed by atoms with Gasteiger partial charge in [-0.05, 0) is 19.1 Å². The van der Waals surface area contributed by atoms with E-state index in [4.69, 9.17) is 23.2 Å². The molecule has 1 aromatic heterocycles. The van der Waals surface area contributed by atoms with Crippen LogP contribution in [0, 0.1) is 6.92 Å². The van der Waals surface area contributed by atoms with E-state index in [2.05, 4.69) is 10.3 Å². The Balaban J connectivity index is 2.75. The molecule has 0 saturated heterocycles. The lowest BCUT2D eigenvalue weighted by Crippen LogP contribution is -2.19. The van der Waals surface area contributed by atoms with Crippen molar-refractivity contribution in [3.63, 3.8) is 0 Å². The van der Waals surface area contributed by atoms with Gasteiger partial charge in [-0.1, -0.05) is 23.2 Å². The van der Waals surface area contributed by atoms with Crippen molar-refractivity contribution < 1.29 is 4.79 Å². The van der Waals surface area contributed by atoms with Crippen LogP contribution in [0.1, 0.15) is 5.69 Å². The summed E-state index contributed by atoms with van der Waals surface area (Å²) in [5.74, 6) is -0.445. The lowest BCUT2D eigenvalue weighted by Gasteiger charge is -2.06. The average Bonchev–Trinajstić information content (AvgIpc) is 2.08. The Bertz CT molecular complexity index is 315. The molecule has 5 heteroatoms. The highest BCUT2D eigenvalue weighted by molar-refractivity contribution is 6.54. The van der Waals surface area contributed by atoms with Crippen LogP contribution in [0.15, 0.2) is 18.3 Å². The highest BCUT2D eigenvalue weighted by atomic mass is 35.5. The Labute approximate surface area is 86.1 Å². The van der Waals surface area contributed by atoms with E-state index in [1.54, 1.807) is 25.3 Å². The summed E-state index contributed by atoms with van der Waals surface area (Å²) >= 11 is 10.7. The number of anilines is 1. The third kappa shape index (κ3) is 2.86. The molecule has 0 fully saturated rings. The van der Waals surface area contributed by atoms with Gasteiger partial charge in [0.1, 0.15) is 0 Å². The Kier molecular flexibility index (Phi) is 3.51.